The first kappa shape index (κ1) is 16.8. The third-order valence-corrected chi connectivity index (χ3v) is 3.53. The van der Waals surface area contributed by atoms with Crippen LogP contribution in [0.15, 0.2) is 0 Å². The minimum atomic E-state index is -0.498. The summed E-state index contributed by atoms with van der Waals surface area (Å²) in [4.78, 5) is 15.5. The smallest absolute Gasteiger partial charge is 0.410 e. The van der Waals surface area contributed by atoms with Gasteiger partial charge in [0.15, 0.2) is 5.04 Å². The molecule has 1 rings (SSSR count). The number of carbonyl (C=O) groups excluding carboxylic acids is 1. The predicted octanol–water partition coefficient (Wildman–Crippen LogP) is 1.02. The van der Waals surface area contributed by atoms with Crippen molar-refractivity contribution in [2.75, 3.05) is 26.2 Å². The van der Waals surface area contributed by atoms with Crippen molar-refractivity contribution >= 4 is 22.9 Å². The molecule has 0 aliphatic carbocycles. The van der Waals surface area contributed by atoms with Crippen LogP contribution < -0.4 is 5.73 Å². The zero-order valence-electron chi connectivity index (χ0n) is 12.0. The molecule has 1 atom stereocenters. The number of nitrogens with two attached hydrogens (primary N) is 1. The highest BCUT2D eigenvalue weighted by Crippen LogP contribution is 2.16. The predicted molar refractivity (Wildman–Crippen MR) is 78.3 cm³/mol. The van der Waals surface area contributed by atoms with Gasteiger partial charge in [-0.05, 0) is 20.8 Å². The van der Waals surface area contributed by atoms with E-state index in [4.69, 9.17) is 21.1 Å². The normalized spacial score (nSPS) is 18.2. The summed E-state index contributed by atoms with van der Waals surface area (Å²) in [6.07, 6.45) is -0.317. The number of piperazine rings is 1. The van der Waals surface area contributed by atoms with Gasteiger partial charge < -0.3 is 15.4 Å². The molecule has 0 radical (unpaired) electrons. The Bertz CT molecular complexity index is 407. The van der Waals surface area contributed by atoms with E-state index in [1.165, 1.54) is 0 Å². The highest BCUT2D eigenvalue weighted by atomic mass is 32.2. The van der Waals surface area contributed by atoms with Crippen LogP contribution in [0.2, 0.25) is 0 Å². The molecule has 0 saturated carbocycles. The van der Waals surface area contributed by atoms with Gasteiger partial charge in [0.2, 0.25) is 0 Å². The van der Waals surface area contributed by atoms with Crippen molar-refractivity contribution in [3.05, 3.63) is 0 Å². The Labute approximate surface area is 123 Å². The number of carbonyl (C=O) groups is 1. The largest absolute Gasteiger partial charge is 0.444 e. The van der Waals surface area contributed by atoms with Gasteiger partial charge in [-0.3, -0.25) is 10.3 Å². The van der Waals surface area contributed by atoms with Crippen molar-refractivity contribution in [2.45, 2.75) is 31.9 Å². The highest BCUT2D eigenvalue weighted by Gasteiger charge is 2.28. The molecule has 0 aromatic carbocycles. The van der Waals surface area contributed by atoms with Gasteiger partial charge in [0, 0.05) is 26.2 Å². The molecule has 1 unspecified atom stereocenters. The number of nitriles is 1. The van der Waals surface area contributed by atoms with Gasteiger partial charge in [-0.25, -0.2) is 4.79 Å². The number of amides is 1. The maximum absolute atomic E-state index is 11.9. The lowest BCUT2D eigenvalue weighted by Gasteiger charge is -2.37. The van der Waals surface area contributed by atoms with Crippen LogP contribution in [0.3, 0.4) is 0 Å². The molecule has 0 aromatic heterocycles. The number of ether oxygens (including phenoxy) is 1. The molecule has 0 aromatic rings. The van der Waals surface area contributed by atoms with Gasteiger partial charge in [0.25, 0.3) is 0 Å². The Balaban J connectivity index is 2.42. The Hall–Kier alpha value is -1.30. The first-order valence-corrected chi connectivity index (χ1v) is 7.24. The molecule has 7 nitrogen and oxygen atoms in total. The molecule has 1 amide bonds. The summed E-state index contributed by atoms with van der Waals surface area (Å²) in [6.45, 7) is 7.77. The Morgan fingerprint density at radius 3 is 2.40 bits per heavy atom. The van der Waals surface area contributed by atoms with Crippen molar-refractivity contribution in [1.82, 2.24) is 9.80 Å². The van der Waals surface area contributed by atoms with Crippen LogP contribution in [0.1, 0.15) is 20.8 Å². The molecule has 20 heavy (non-hydrogen) atoms. The molecule has 0 spiro atoms. The van der Waals surface area contributed by atoms with Gasteiger partial charge in [0.05, 0.1) is 0 Å². The van der Waals surface area contributed by atoms with E-state index in [2.05, 4.69) is 0 Å². The van der Waals surface area contributed by atoms with Crippen molar-refractivity contribution in [3.8, 4) is 6.07 Å². The maximum Gasteiger partial charge on any atom is 0.410 e. The van der Waals surface area contributed by atoms with Crippen LogP contribution in [0, 0.1) is 16.7 Å². The number of rotatable bonds is 2. The number of hydrogen-bond acceptors (Lipinski definition) is 7. The van der Waals surface area contributed by atoms with Crippen LogP contribution in [0.5, 0.6) is 0 Å². The fourth-order valence-electron chi connectivity index (χ4n) is 1.71. The zero-order valence-corrected chi connectivity index (χ0v) is 12.9. The SMILES string of the molecule is CC(C)(C)OC(=O)N1CCN(C(N)SC(=N)C#N)CC1. The van der Waals surface area contributed by atoms with E-state index in [9.17, 15) is 4.79 Å². The summed E-state index contributed by atoms with van der Waals surface area (Å²) in [5.74, 6) is 0. The summed E-state index contributed by atoms with van der Waals surface area (Å²) in [7, 11) is 0. The van der Waals surface area contributed by atoms with Gasteiger partial charge >= 0.3 is 6.09 Å². The van der Waals surface area contributed by atoms with Crippen molar-refractivity contribution in [3.63, 3.8) is 0 Å². The van der Waals surface area contributed by atoms with Crippen molar-refractivity contribution in [1.29, 1.82) is 10.7 Å². The summed E-state index contributed by atoms with van der Waals surface area (Å²) in [5, 5.41) is 15.8. The number of nitrogens with zero attached hydrogens (tertiary/aromatic N) is 3. The maximum atomic E-state index is 11.9. The van der Waals surface area contributed by atoms with Gasteiger partial charge in [-0.15, -0.1) is 0 Å². The van der Waals surface area contributed by atoms with Crippen LogP contribution >= 0.6 is 11.8 Å². The quantitative estimate of drug-likeness (QED) is 0.448. The van der Waals surface area contributed by atoms with Gasteiger partial charge in [0.1, 0.15) is 17.2 Å². The molecular weight excluding hydrogens is 278 g/mol. The molecule has 1 saturated heterocycles. The molecule has 3 N–H and O–H groups in total. The minimum absolute atomic E-state index is 0.105. The molecule has 0 bridgehead atoms. The van der Waals surface area contributed by atoms with E-state index >= 15 is 0 Å². The number of hydrogen-bond donors (Lipinski definition) is 2. The van der Waals surface area contributed by atoms with Crippen molar-refractivity contribution in [2.24, 2.45) is 5.73 Å². The van der Waals surface area contributed by atoms with E-state index < -0.39 is 11.1 Å². The third kappa shape index (κ3) is 5.36. The molecule has 1 aliphatic rings. The minimum Gasteiger partial charge on any atom is -0.444 e. The van der Waals surface area contributed by atoms with Crippen molar-refractivity contribution < 1.29 is 9.53 Å². The average molecular weight is 299 g/mol. The van der Waals surface area contributed by atoms with Crippen LogP contribution in [0.25, 0.3) is 0 Å². The molecule has 8 heteroatoms. The fraction of sp³-hybridized carbons (Fsp3) is 0.750. The van der Waals surface area contributed by atoms with E-state index in [1.807, 2.05) is 25.7 Å². The Morgan fingerprint density at radius 1 is 1.40 bits per heavy atom. The molecular formula is C12H21N5O2S. The number of nitrogens with one attached hydrogen (secondary N) is 1. The van der Waals surface area contributed by atoms with E-state index in [-0.39, 0.29) is 11.1 Å². The summed E-state index contributed by atoms with van der Waals surface area (Å²) in [5.41, 5.74) is 4.98. The molecule has 1 heterocycles. The summed E-state index contributed by atoms with van der Waals surface area (Å²) in [6, 6.07) is 1.74. The van der Waals surface area contributed by atoms with Gasteiger partial charge in [-0.2, -0.15) is 5.26 Å². The Kier molecular flexibility index (Phi) is 5.80. The average Bonchev–Trinajstić information content (AvgIpc) is 2.36. The van der Waals surface area contributed by atoms with E-state index in [1.54, 1.807) is 11.0 Å². The highest BCUT2D eigenvalue weighted by molar-refractivity contribution is 8.14. The second kappa shape index (κ2) is 6.92. The lowest BCUT2D eigenvalue weighted by atomic mass is 10.2. The fourth-order valence-corrected chi connectivity index (χ4v) is 2.36. The lowest BCUT2D eigenvalue weighted by molar-refractivity contribution is 0.0137. The zero-order chi connectivity index (χ0) is 15.3. The molecule has 1 aliphatic heterocycles. The van der Waals surface area contributed by atoms with Crippen LogP contribution in [-0.4, -0.2) is 58.2 Å². The van der Waals surface area contributed by atoms with Gasteiger partial charge in [-0.1, -0.05) is 11.8 Å². The lowest BCUT2D eigenvalue weighted by Crippen LogP contribution is -2.54. The monoisotopic (exact) mass is 299 g/mol. The summed E-state index contributed by atoms with van der Waals surface area (Å²) >= 11 is 1.02. The second-order valence-corrected chi connectivity index (χ2v) is 6.58. The molecule has 112 valence electrons. The molecule has 1 fully saturated rings. The summed E-state index contributed by atoms with van der Waals surface area (Å²) < 4.78 is 5.31. The first-order chi connectivity index (χ1) is 9.23. The van der Waals surface area contributed by atoms with Crippen LogP contribution in [-0.2, 0) is 4.74 Å². The second-order valence-electron chi connectivity index (χ2n) is 5.45. The number of thioether (sulfide) groups is 1. The Morgan fingerprint density at radius 2 is 1.95 bits per heavy atom. The van der Waals surface area contributed by atoms with E-state index in [0.717, 1.165) is 11.8 Å². The third-order valence-electron chi connectivity index (χ3n) is 2.67. The topological polar surface area (TPSA) is 106 Å². The van der Waals surface area contributed by atoms with Crippen LogP contribution in [0.4, 0.5) is 4.79 Å². The standard InChI is InChI=1S/C12H21N5O2S/c1-12(2,3)19-11(18)17-6-4-16(5-7-17)10(15)20-9(14)8-13/h10,14H,4-7,15H2,1-3H3. The first-order valence-electron chi connectivity index (χ1n) is 6.36. The van der Waals surface area contributed by atoms with E-state index in [0.29, 0.717) is 26.2 Å².